The summed E-state index contributed by atoms with van der Waals surface area (Å²) in [5.41, 5.74) is 5.52. The first-order chi connectivity index (χ1) is 11.0. The number of carbonyl (C=O) groups is 3. The lowest BCUT2D eigenvalue weighted by atomic mass is 9.98. The predicted molar refractivity (Wildman–Crippen MR) is 86.6 cm³/mol. The molecular formula is C14H20N4O4S. The van der Waals surface area contributed by atoms with Gasteiger partial charge in [0.15, 0.2) is 0 Å². The molecule has 1 atom stereocenters. The number of ether oxygens (including phenoxy) is 1. The van der Waals surface area contributed by atoms with Crippen molar-refractivity contribution in [2.24, 2.45) is 11.7 Å². The van der Waals surface area contributed by atoms with Crippen LogP contribution in [0.1, 0.15) is 22.5 Å². The summed E-state index contributed by atoms with van der Waals surface area (Å²) >= 11 is 1.21. The zero-order valence-corrected chi connectivity index (χ0v) is 13.6. The fourth-order valence-electron chi connectivity index (χ4n) is 2.51. The molecule has 126 valence electrons. The summed E-state index contributed by atoms with van der Waals surface area (Å²) < 4.78 is 4.69. The van der Waals surface area contributed by atoms with E-state index in [0.29, 0.717) is 30.2 Å². The van der Waals surface area contributed by atoms with Gasteiger partial charge in [-0.1, -0.05) is 0 Å². The number of likely N-dealkylation sites (tertiary alicyclic amines) is 1. The van der Waals surface area contributed by atoms with Crippen molar-refractivity contribution in [1.29, 1.82) is 0 Å². The normalized spacial score (nSPS) is 17.4. The molecule has 1 aromatic heterocycles. The Balaban J connectivity index is 1.94. The molecule has 8 nitrogen and oxygen atoms in total. The van der Waals surface area contributed by atoms with Gasteiger partial charge in [-0.25, -0.2) is 14.4 Å². The van der Waals surface area contributed by atoms with Crippen molar-refractivity contribution in [3.05, 3.63) is 16.3 Å². The average Bonchev–Trinajstić information content (AvgIpc) is 3.00. The van der Waals surface area contributed by atoms with Gasteiger partial charge in [-0.05, 0) is 30.2 Å². The van der Waals surface area contributed by atoms with Crippen LogP contribution >= 0.6 is 11.3 Å². The second-order valence-corrected chi connectivity index (χ2v) is 6.20. The lowest BCUT2D eigenvalue weighted by Crippen LogP contribution is -2.46. The number of piperidine rings is 1. The highest BCUT2D eigenvalue weighted by molar-refractivity contribution is 7.12. The third-order valence-corrected chi connectivity index (χ3v) is 4.54. The van der Waals surface area contributed by atoms with Crippen molar-refractivity contribution >= 4 is 35.1 Å². The van der Waals surface area contributed by atoms with Gasteiger partial charge in [0.1, 0.15) is 4.88 Å². The second-order valence-electron chi connectivity index (χ2n) is 5.28. The van der Waals surface area contributed by atoms with Crippen molar-refractivity contribution in [3.8, 4) is 0 Å². The number of thiophene rings is 1. The minimum absolute atomic E-state index is 0.171. The van der Waals surface area contributed by atoms with Crippen molar-refractivity contribution in [3.63, 3.8) is 0 Å². The van der Waals surface area contributed by atoms with Crippen LogP contribution in [0.3, 0.4) is 0 Å². The molecule has 0 bridgehead atoms. The Morgan fingerprint density at radius 1 is 1.48 bits per heavy atom. The lowest BCUT2D eigenvalue weighted by Gasteiger charge is -2.32. The highest BCUT2D eigenvalue weighted by Gasteiger charge is 2.25. The summed E-state index contributed by atoms with van der Waals surface area (Å²) in [5.74, 6) is -0.304. The number of nitrogens with one attached hydrogen (secondary N) is 2. The maximum absolute atomic E-state index is 12.4. The van der Waals surface area contributed by atoms with Crippen LogP contribution in [-0.2, 0) is 4.74 Å². The topological polar surface area (TPSA) is 114 Å². The van der Waals surface area contributed by atoms with Gasteiger partial charge in [-0.15, -0.1) is 11.3 Å². The first kappa shape index (κ1) is 17.1. The van der Waals surface area contributed by atoms with Crippen LogP contribution in [0.4, 0.5) is 15.3 Å². The van der Waals surface area contributed by atoms with Crippen LogP contribution in [0.25, 0.3) is 0 Å². The number of anilines is 1. The van der Waals surface area contributed by atoms with Gasteiger partial charge in [-0.3, -0.25) is 0 Å². The number of urea groups is 2. The van der Waals surface area contributed by atoms with Crippen molar-refractivity contribution in [2.45, 2.75) is 12.8 Å². The molecule has 4 N–H and O–H groups in total. The van der Waals surface area contributed by atoms with E-state index in [1.807, 2.05) is 0 Å². The highest BCUT2D eigenvalue weighted by Crippen LogP contribution is 2.24. The maximum Gasteiger partial charge on any atom is 0.350 e. The average molecular weight is 340 g/mol. The molecule has 0 unspecified atom stereocenters. The van der Waals surface area contributed by atoms with Crippen LogP contribution in [0.15, 0.2) is 11.4 Å². The molecule has 1 aliphatic heterocycles. The standard InChI is InChI=1S/C14H20N4O4S/c1-22-12(19)11-10(4-6-23-11)17-14(21)18-5-2-3-9(8-18)7-16-13(15)20/h4,6,9H,2-3,5,7-8H2,1H3,(H,17,21)(H3,15,16,20)/t9-/m1/s1. The van der Waals surface area contributed by atoms with Gasteiger partial charge in [0.25, 0.3) is 0 Å². The Hall–Kier alpha value is -2.29. The lowest BCUT2D eigenvalue weighted by molar-refractivity contribution is 0.0607. The van der Waals surface area contributed by atoms with Crippen molar-refractivity contribution in [2.75, 3.05) is 32.1 Å². The fourth-order valence-corrected chi connectivity index (χ4v) is 3.28. The van der Waals surface area contributed by atoms with Gasteiger partial charge in [0.2, 0.25) is 0 Å². The van der Waals surface area contributed by atoms with Gasteiger partial charge >= 0.3 is 18.0 Å². The van der Waals surface area contributed by atoms with Crippen LogP contribution in [0, 0.1) is 5.92 Å². The third kappa shape index (κ3) is 4.59. The van der Waals surface area contributed by atoms with Gasteiger partial charge in [0, 0.05) is 19.6 Å². The monoisotopic (exact) mass is 340 g/mol. The van der Waals surface area contributed by atoms with Gasteiger partial charge in [0.05, 0.1) is 12.8 Å². The maximum atomic E-state index is 12.4. The van der Waals surface area contributed by atoms with E-state index in [0.717, 1.165) is 12.8 Å². The van der Waals surface area contributed by atoms with E-state index in [2.05, 4.69) is 15.4 Å². The molecule has 0 saturated carbocycles. The molecule has 1 fully saturated rings. The Morgan fingerprint density at radius 3 is 2.96 bits per heavy atom. The Morgan fingerprint density at radius 2 is 2.26 bits per heavy atom. The molecule has 0 aliphatic carbocycles. The molecule has 0 radical (unpaired) electrons. The molecule has 0 aromatic carbocycles. The van der Waals surface area contributed by atoms with E-state index in [9.17, 15) is 14.4 Å². The second kappa shape index (κ2) is 7.82. The van der Waals surface area contributed by atoms with Crippen LogP contribution in [0.5, 0.6) is 0 Å². The van der Waals surface area contributed by atoms with E-state index < -0.39 is 12.0 Å². The highest BCUT2D eigenvalue weighted by atomic mass is 32.1. The first-order valence-corrected chi connectivity index (χ1v) is 8.14. The number of amides is 4. The summed E-state index contributed by atoms with van der Waals surface area (Å²) in [5, 5.41) is 7.04. The molecule has 9 heteroatoms. The van der Waals surface area contributed by atoms with Crippen molar-refractivity contribution < 1.29 is 19.1 Å². The van der Waals surface area contributed by atoms with E-state index in [-0.39, 0.29) is 11.9 Å². The van der Waals surface area contributed by atoms with E-state index in [1.165, 1.54) is 18.4 Å². The Bertz CT molecular complexity index is 589. The minimum Gasteiger partial charge on any atom is -0.465 e. The van der Waals surface area contributed by atoms with E-state index >= 15 is 0 Å². The Labute approximate surface area is 138 Å². The predicted octanol–water partition coefficient (Wildman–Crippen LogP) is 1.45. The number of hydrogen-bond donors (Lipinski definition) is 3. The molecule has 1 aromatic rings. The zero-order valence-electron chi connectivity index (χ0n) is 12.8. The quantitative estimate of drug-likeness (QED) is 0.720. The number of esters is 1. The molecule has 23 heavy (non-hydrogen) atoms. The number of carbonyl (C=O) groups excluding carboxylic acids is 3. The number of rotatable bonds is 4. The number of nitrogens with two attached hydrogens (primary N) is 1. The summed E-state index contributed by atoms with van der Waals surface area (Å²) in [6.45, 7) is 1.62. The minimum atomic E-state index is -0.562. The number of methoxy groups -OCH3 is 1. The Kier molecular flexibility index (Phi) is 5.80. The molecule has 0 spiro atoms. The third-order valence-electron chi connectivity index (χ3n) is 3.65. The summed E-state index contributed by atoms with van der Waals surface area (Å²) in [7, 11) is 1.30. The van der Waals surface area contributed by atoms with Crippen LogP contribution < -0.4 is 16.4 Å². The molecule has 1 saturated heterocycles. The smallest absolute Gasteiger partial charge is 0.350 e. The van der Waals surface area contributed by atoms with Gasteiger partial charge in [-0.2, -0.15) is 0 Å². The fraction of sp³-hybridized carbons (Fsp3) is 0.500. The van der Waals surface area contributed by atoms with E-state index in [1.54, 1.807) is 16.3 Å². The summed E-state index contributed by atoms with van der Waals surface area (Å²) in [6, 6.07) is 0.843. The molecule has 4 amide bonds. The molecule has 2 rings (SSSR count). The first-order valence-electron chi connectivity index (χ1n) is 7.26. The SMILES string of the molecule is COC(=O)c1sccc1NC(=O)N1CCC[C@H](CNC(N)=O)C1. The number of nitrogens with zero attached hydrogens (tertiary/aromatic N) is 1. The van der Waals surface area contributed by atoms with Crippen molar-refractivity contribution in [1.82, 2.24) is 10.2 Å². The summed E-state index contributed by atoms with van der Waals surface area (Å²) in [4.78, 5) is 36.8. The summed E-state index contributed by atoms with van der Waals surface area (Å²) in [6.07, 6.45) is 1.78. The number of hydrogen-bond acceptors (Lipinski definition) is 5. The molecule has 2 heterocycles. The largest absolute Gasteiger partial charge is 0.465 e. The van der Waals surface area contributed by atoms with E-state index in [4.69, 9.17) is 5.73 Å². The van der Waals surface area contributed by atoms with Crippen LogP contribution in [0.2, 0.25) is 0 Å². The van der Waals surface area contributed by atoms with Crippen LogP contribution in [-0.4, -0.2) is 49.7 Å². The zero-order chi connectivity index (χ0) is 16.8. The molecular weight excluding hydrogens is 320 g/mol. The number of primary amides is 1. The molecule has 1 aliphatic rings. The van der Waals surface area contributed by atoms with Gasteiger partial charge < -0.3 is 26.0 Å².